The number of hydrogen-bond acceptors (Lipinski definition) is 6. The van der Waals surface area contributed by atoms with Crippen molar-refractivity contribution in [2.24, 2.45) is 0 Å². The molecule has 4 amide bonds. The molecule has 2 aromatic rings. The van der Waals surface area contributed by atoms with Gasteiger partial charge in [0.1, 0.15) is 11.3 Å². The van der Waals surface area contributed by atoms with Gasteiger partial charge in [-0.1, -0.05) is 29.8 Å². The first-order valence-electron chi connectivity index (χ1n) is 9.36. The van der Waals surface area contributed by atoms with E-state index in [0.29, 0.717) is 16.3 Å². The number of nitrogens with one attached hydrogen (secondary N) is 1. The van der Waals surface area contributed by atoms with Gasteiger partial charge in [0, 0.05) is 5.02 Å². The molecule has 1 fully saturated rings. The van der Waals surface area contributed by atoms with Crippen LogP contribution in [0.15, 0.2) is 48.0 Å². The van der Waals surface area contributed by atoms with E-state index < -0.39 is 23.8 Å². The maximum atomic E-state index is 12.9. The summed E-state index contributed by atoms with van der Waals surface area (Å²) in [6, 6.07) is 10.3. The van der Waals surface area contributed by atoms with Crippen LogP contribution >= 0.6 is 11.6 Å². The van der Waals surface area contributed by atoms with Crippen LogP contribution in [0.4, 0.5) is 10.5 Å². The van der Waals surface area contributed by atoms with Gasteiger partial charge >= 0.3 is 12.0 Å². The number of anilines is 1. The van der Waals surface area contributed by atoms with E-state index in [2.05, 4.69) is 5.32 Å². The summed E-state index contributed by atoms with van der Waals surface area (Å²) < 4.78 is 10.1. The Morgan fingerprint density at radius 3 is 2.48 bits per heavy atom. The number of urea groups is 1. The molecule has 0 bridgehead atoms. The zero-order chi connectivity index (χ0) is 22.5. The van der Waals surface area contributed by atoms with Crippen molar-refractivity contribution in [2.45, 2.75) is 13.8 Å². The van der Waals surface area contributed by atoms with Gasteiger partial charge < -0.3 is 9.47 Å². The second kappa shape index (κ2) is 9.44. The van der Waals surface area contributed by atoms with Gasteiger partial charge in [-0.25, -0.2) is 14.5 Å². The highest BCUT2D eigenvalue weighted by molar-refractivity contribution is 6.39. The fourth-order valence-electron chi connectivity index (χ4n) is 2.78. The molecule has 0 aliphatic carbocycles. The lowest BCUT2D eigenvalue weighted by Gasteiger charge is -2.26. The van der Waals surface area contributed by atoms with Crippen molar-refractivity contribution >= 4 is 47.2 Å². The summed E-state index contributed by atoms with van der Waals surface area (Å²) in [5.41, 5.74) is 1.35. The fourth-order valence-corrected chi connectivity index (χ4v) is 2.96. The first kappa shape index (κ1) is 22.0. The smallest absolute Gasteiger partial charge is 0.344 e. The van der Waals surface area contributed by atoms with Crippen LogP contribution < -0.4 is 15.0 Å². The molecular weight excluding hydrogens is 424 g/mol. The molecule has 0 radical (unpaired) electrons. The van der Waals surface area contributed by atoms with Crippen molar-refractivity contribution in [3.8, 4) is 5.75 Å². The number of carbonyl (C=O) groups excluding carboxylic acids is 4. The fraction of sp³-hybridized carbons (Fsp3) is 0.182. The van der Waals surface area contributed by atoms with Gasteiger partial charge in [-0.05, 0) is 55.3 Å². The molecule has 31 heavy (non-hydrogen) atoms. The van der Waals surface area contributed by atoms with Gasteiger partial charge in [0.25, 0.3) is 11.8 Å². The maximum absolute atomic E-state index is 12.9. The lowest BCUT2D eigenvalue weighted by Crippen LogP contribution is -2.54. The summed E-state index contributed by atoms with van der Waals surface area (Å²) in [5.74, 6) is -1.64. The van der Waals surface area contributed by atoms with Crippen LogP contribution in [0.3, 0.4) is 0 Å². The largest absolute Gasteiger partial charge is 0.482 e. The Morgan fingerprint density at radius 2 is 1.84 bits per heavy atom. The summed E-state index contributed by atoms with van der Waals surface area (Å²) >= 11 is 6.11. The standard InChI is InChI=1S/C22H19ClN2O6/c1-3-30-19(26)12-31-16-8-5-14(6-9-16)10-17-20(27)24-22(29)25(21(17)28)15-7-4-13(2)18(23)11-15/h4-11H,3,12H2,1-2H3,(H,24,27,29)/b17-10-. The van der Waals surface area contributed by atoms with Crippen LogP contribution in [0.2, 0.25) is 5.02 Å². The monoisotopic (exact) mass is 442 g/mol. The highest BCUT2D eigenvalue weighted by Gasteiger charge is 2.36. The van der Waals surface area contributed by atoms with Crippen LogP contribution in [0.25, 0.3) is 6.08 Å². The Labute approximate surface area is 183 Å². The third kappa shape index (κ3) is 5.10. The maximum Gasteiger partial charge on any atom is 0.344 e. The molecule has 1 aliphatic heterocycles. The number of esters is 1. The molecule has 0 aromatic heterocycles. The van der Waals surface area contributed by atoms with E-state index in [4.69, 9.17) is 21.1 Å². The second-order valence-electron chi connectivity index (χ2n) is 6.55. The van der Waals surface area contributed by atoms with Gasteiger partial charge in [-0.15, -0.1) is 0 Å². The zero-order valence-electron chi connectivity index (χ0n) is 16.8. The second-order valence-corrected chi connectivity index (χ2v) is 6.96. The predicted octanol–water partition coefficient (Wildman–Crippen LogP) is 3.26. The number of aryl methyl sites for hydroxylation is 1. The van der Waals surface area contributed by atoms with Crippen LogP contribution in [0, 0.1) is 6.92 Å². The van der Waals surface area contributed by atoms with Gasteiger partial charge in [-0.2, -0.15) is 0 Å². The molecule has 2 aromatic carbocycles. The highest BCUT2D eigenvalue weighted by atomic mass is 35.5. The highest BCUT2D eigenvalue weighted by Crippen LogP contribution is 2.27. The first-order chi connectivity index (χ1) is 14.8. The molecule has 1 aliphatic rings. The minimum absolute atomic E-state index is 0.212. The molecule has 3 rings (SSSR count). The van der Waals surface area contributed by atoms with Crippen LogP contribution in [0.5, 0.6) is 5.75 Å². The first-order valence-corrected chi connectivity index (χ1v) is 9.74. The Balaban J connectivity index is 1.81. The van der Waals surface area contributed by atoms with E-state index in [1.165, 1.54) is 12.1 Å². The van der Waals surface area contributed by atoms with Crippen LogP contribution in [-0.4, -0.2) is 37.0 Å². The number of ether oxygens (including phenoxy) is 2. The van der Waals surface area contributed by atoms with Crippen molar-refractivity contribution in [2.75, 3.05) is 18.1 Å². The number of rotatable bonds is 6. The van der Waals surface area contributed by atoms with E-state index >= 15 is 0 Å². The Kier molecular flexibility index (Phi) is 6.71. The topological polar surface area (TPSA) is 102 Å². The Hall–Kier alpha value is -3.65. The molecule has 1 heterocycles. The summed E-state index contributed by atoms with van der Waals surface area (Å²) in [4.78, 5) is 49.7. The number of halogens is 1. The molecule has 1 saturated heterocycles. The molecule has 9 heteroatoms. The number of amides is 4. The van der Waals surface area contributed by atoms with Gasteiger partial charge in [0.05, 0.1) is 12.3 Å². The molecule has 8 nitrogen and oxygen atoms in total. The number of carbonyl (C=O) groups is 4. The zero-order valence-corrected chi connectivity index (χ0v) is 17.6. The number of hydrogen-bond donors (Lipinski definition) is 1. The average Bonchev–Trinajstić information content (AvgIpc) is 2.73. The van der Waals surface area contributed by atoms with E-state index in [9.17, 15) is 19.2 Å². The van der Waals surface area contributed by atoms with Crippen LogP contribution in [0.1, 0.15) is 18.1 Å². The van der Waals surface area contributed by atoms with E-state index in [1.807, 2.05) is 0 Å². The summed E-state index contributed by atoms with van der Waals surface area (Å²) in [5, 5.41) is 2.55. The Bertz CT molecular complexity index is 1080. The molecule has 1 N–H and O–H groups in total. The number of barbiturate groups is 1. The number of benzene rings is 2. The SMILES string of the molecule is CCOC(=O)COc1ccc(/C=C2/C(=O)NC(=O)N(c3ccc(C)c(Cl)c3)C2=O)cc1. The molecule has 0 spiro atoms. The molecular formula is C22H19ClN2O6. The molecule has 160 valence electrons. The van der Waals surface area contributed by atoms with Gasteiger partial charge in [0.15, 0.2) is 6.61 Å². The third-order valence-corrected chi connectivity index (χ3v) is 4.78. The number of nitrogens with zero attached hydrogens (tertiary/aromatic N) is 1. The minimum atomic E-state index is -0.852. The van der Waals surface area contributed by atoms with Crippen molar-refractivity contribution in [1.82, 2.24) is 5.32 Å². The Morgan fingerprint density at radius 1 is 1.13 bits per heavy atom. The van der Waals surface area contributed by atoms with Crippen LogP contribution in [-0.2, 0) is 19.1 Å². The third-order valence-electron chi connectivity index (χ3n) is 4.37. The molecule has 0 unspecified atom stereocenters. The summed E-state index contributed by atoms with van der Waals surface area (Å²) in [6.07, 6.45) is 1.36. The van der Waals surface area contributed by atoms with E-state index in [1.54, 1.807) is 50.2 Å². The van der Waals surface area contributed by atoms with E-state index in [0.717, 1.165) is 10.5 Å². The lowest BCUT2D eigenvalue weighted by molar-refractivity contribution is -0.145. The van der Waals surface area contributed by atoms with Crippen molar-refractivity contribution in [3.63, 3.8) is 0 Å². The minimum Gasteiger partial charge on any atom is -0.482 e. The van der Waals surface area contributed by atoms with Gasteiger partial charge in [-0.3, -0.25) is 14.9 Å². The molecule has 0 saturated carbocycles. The number of imide groups is 2. The predicted molar refractivity (Wildman–Crippen MR) is 114 cm³/mol. The summed E-state index contributed by atoms with van der Waals surface area (Å²) in [7, 11) is 0. The van der Waals surface area contributed by atoms with Crippen molar-refractivity contribution in [1.29, 1.82) is 0 Å². The lowest BCUT2D eigenvalue weighted by atomic mass is 10.1. The summed E-state index contributed by atoms with van der Waals surface area (Å²) in [6.45, 7) is 3.52. The normalized spacial score (nSPS) is 15.1. The van der Waals surface area contributed by atoms with Gasteiger partial charge in [0.2, 0.25) is 0 Å². The van der Waals surface area contributed by atoms with Crippen molar-refractivity contribution in [3.05, 3.63) is 64.2 Å². The average molecular weight is 443 g/mol. The molecule has 0 atom stereocenters. The quantitative estimate of drug-likeness (QED) is 0.418. The van der Waals surface area contributed by atoms with Crippen molar-refractivity contribution < 1.29 is 28.7 Å². The van der Waals surface area contributed by atoms with E-state index in [-0.39, 0.29) is 24.5 Å².